The van der Waals surface area contributed by atoms with Crippen LogP contribution in [0.2, 0.25) is 0 Å². The zero-order valence-corrected chi connectivity index (χ0v) is 15.8. The van der Waals surface area contributed by atoms with Gasteiger partial charge in [-0.15, -0.1) is 0 Å². The van der Waals surface area contributed by atoms with Crippen LogP contribution in [0, 0.1) is 11.8 Å². The summed E-state index contributed by atoms with van der Waals surface area (Å²) in [5.41, 5.74) is 1.08. The first kappa shape index (κ1) is 21.0. The smallest absolute Gasteiger partial charge is 0.412 e. The first-order chi connectivity index (χ1) is 11.8. The molecule has 0 radical (unpaired) electrons. The van der Waals surface area contributed by atoms with Crippen LogP contribution >= 0.6 is 0 Å². The summed E-state index contributed by atoms with van der Waals surface area (Å²) >= 11 is 0. The summed E-state index contributed by atoms with van der Waals surface area (Å²) in [6, 6.07) is 7.72. The van der Waals surface area contributed by atoms with Crippen molar-refractivity contribution in [2.75, 3.05) is 27.2 Å². The molecule has 0 saturated heterocycles. The lowest BCUT2D eigenvalue weighted by molar-refractivity contribution is -0.130. The zero-order chi connectivity index (χ0) is 18.8. The summed E-state index contributed by atoms with van der Waals surface area (Å²) in [7, 11) is 4.00. The molecule has 1 rings (SSSR count). The number of carbonyl (C=O) groups is 2. The molecule has 0 spiro atoms. The molecule has 0 aliphatic rings. The zero-order valence-electron chi connectivity index (χ0n) is 15.8. The molecule has 0 fully saturated rings. The molecule has 0 heterocycles. The van der Waals surface area contributed by atoms with Crippen molar-refractivity contribution in [3.63, 3.8) is 0 Å². The standard InChI is InChI=1S/C19H30N2O4/c1-14(2)9-16(12-24-13-22)11-20-19(23)25-18-8-6-7-17(10-18)15(3)21(4)5/h6-8,10,13-16H,9,11-12H2,1-5H3,(H,20,23)/t15-,16-/m0/s1. The van der Waals surface area contributed by atoms with Crippen LogP contribution in [-0.4, -0.2) is 44.7 Å². The van der Waals surface area contributed by atoms with E-state index in [2.05, 4.69) is 31.0 Å². The number of nitrogens with one attached hydrogen (secondary N) is 1. The minimum atomic E-state index is -0.505. The first-order valence-electron chi connectivity index (χ1n) is 8.60. The molecule has 1 N–H and O–H groups in total. The second kappa shape index (κ2) is 10.7. The quantitative estimate of drug-likeness (QED) is 0.656. The lowest BCUT2D eigenvalue weighted by atomic mass is 9.98. The monoisotopic (exact) mass is 350 g/mol. The van der Waals surface area contributed by atoms with Crippen molar-refractivity contribution in [1.82, 2.24) is 10.2 Å². The van der Waals surface area contributed by atoms with Crippen molar-refractivity contribution in [3.05, 3.63) is 29.8 Å². The third kappa shape index (κ3) is 8.03. The molecular weight excluding hydrogens is 320 g/mol. The van der Waals surface area contributed by atoms with Gasteiger partial charge in [-0.2, -0.15) is 0 Å². The van der Waals surface area contributed by atoms with E-state index in [9.17, 15) is 9.59 Å². The van der Waals surface area contributed by atoms with Gasteiger partial charge >= 0.3 is 6.09 Å². The Morgan fingerprint density at radius 3 is 2.60 bits per heavy atom. The molecule has 1 aromatic rings. The molecule has 0 bridgehead atoms. The first-order valence-corrected chi connectivity index (χ1v) is 8.60. The largest absolute Gasteiger partial charge is 0.468 e. The van der Waals surface area contributed by atoms with Gasteiger partial charge in [-0.25, -0.2) is 4.79 Å². The fourth-order valence-electron chi connectivity index (χ4n) is 2.56. The van der Waals surface area contributed by atoms with Crippen LogP contribution in [0.3, 0.4) is 0 Å². The second-order valence-corrected chi connectivity index (χ2v) is 6.91. The summed E-state index contributed by atoms with van der Waals surface area (Å²) < 4.78 is 10.2. The number of amides is 1. The molecule has 6 heteroatoms. The van der Waals surface area contributed by atoms with E-state index in [1.165, 1.54) is 0 Å². The number of nitrogens with zero attached hydrogens (tertiary/aromatic N) is 1. The predicted molar refractivity (Wildman–Crippen MR) is 97.5 cm³/mol. The van der Waals surface area contributed by atoms with Gasteiger partial charge in [-0.05, 0) is 51.1 Å². The van der Waals surface area contributed by atoms with Crippen LogP contribution in [0.25, 0.3) is 0 Å². The predicted octanol–water partition coefficient (Wildman–Crippen LogP) is 3.23. The van der Waals surface area contributed by atoms with Gasteiger partial charge in [0.2, 0.25) is 0 Å². The molecule has 1 aromatic carbocycles. The summed E-state index contributed by atoms with van der Waals surface area (Å²) in [5, 5.41) is 2.75. The summed E-state index contributed by atoms with van der Waals surface area (Å²) in [6.07, 6.45) is 0.346. The van der Waals surface area contributed by atoms with E-state index in [0.717, 1.165) is 12.0 Å². The van der Waals surface area contributed by atoms with Crippen molar-refractivity contribution < 1.29 is 19.1 Å². The fourth-order valence-corrected chi connectivity index (χ4v) is 2.56. The van der Waals surface area contributed by atoms with Crippen molar-refractivity contribution in [3.8, 4) is 5.75 Å². The third-order valence-electron chi connectivity index (χ3n) is 4.07. The van der Waals surface area contributed by atoms with Crippen LogP contribution in [-0.2, 0) is 9.53 Å². The van der Waals surface area contributed by atoms with E-state index < -0.39 is 6.09 Å². The van der Waals surface area contributed by atoms with Crippen molar-refractivity contribution in [2.24, 2.45) is 11.8 Å². The highest BCUT2D eigenvalue weighted by Gasteiger charge is 2.15. The normalized spacial score (nSPS) is 13.4. The Kier molecular flexibility index (Phi) is 8.99. The highest BCUT2D eigenvalue weighted by Crippen LogP contribution is 2.22. The van der Waals surface area contributed by atoms with E-state index in [4.69, 9.17) is 9.47 Å². The van der Waals surface area contributed by atoms with Crippen molar-refractivity contribution >= 4 is 12.6 Å². The summed E-state index contributed by atoms with van der Waals surface area (Å²) in [6.45, 7) is 7.38. The molecule has 0 aliphatic carbocycles. The molecule has 2 atom stereocenters. The number of benzene rings is 1. The SMILES string of the molecule is CC(C)C[C@@H](CNC(=O)Oc1cccc([C@H](C)N(C)C)c1)COC=O. The number of hydrogen-bond acceptors (Lipinski definition) is 5. The van der Waals surface area contributed by atoms with Gasteiger partial charge < -0.3 is 19.7 Å². The third-order valence-corrected chi connectivity index (χ3v) is 4.07. The molecule has 140 valence electrons. The average molecular weight is 350 g/mol. The van der Waals surface area contributed by atoms with Gasteiger partial charge in [0, 0.05) is 18.5 Å². The lowest BCUT2D eigenvalue weighted by Crippen LogP contribution is -2.34. The topological polar surface area (TPSA) is 67.9 Å². The Hall–Kier alpha value is -2.08. The maximum atomic E-state index is 12.0. The van der Waals surface area contributed by atoms with Crippen LogP contribution < -0.4 is 10.1 Å². The Morgan fingerprint density at radius 2 is 2.00 bits per heavy atom. The Bertz CT molecular complexity index is 546. The minimum absolute atomic E-state index is 0.0675. The number of rotatable bonds is 10. The highest BCUT2D eigenvalue weighted by atomic mass is 16.6. The van der Waals surface area contributed by atoms with E-state index in [-0.39, 0.29) is 18.6 Å². The van der Waals surface area contributed by atoms with Crippen LogP contribution in [0.1, 0.15) is 38.8 Å². The molecule has 0 unspecified atom stereocenters. The molecule has 0 aromatic heterocycles. The Labute approximate surface area is 150 Å². The fraction of sp³-hybridized carbons (Fsp3) is 0.579. The molecule has 6 nitrogen and oxygen atoms in total. The van der Waals surface area contributed by atoms with E-state index in [1.807, 2.05) is 32.3 Å². The van der Waals surface area contributed by atoms with Crippen LogP contribution in [0.5, 0.6) is 5.75 Å². The van der Waals surface area contributed by atoms with Crippen molar-refractivity contribution in [2.45, 2.75) is 33.2 Å². The Balaban J connectivity index is 2.57. The van der Waals surface area contributed by atoms with E-state index >= 15 is 0 Å². The van der Waals surface area contributed by atoms with Crippen LogP contribution in [0.15, 0.2) is 24.3 Å². The highest BCUT2D eigenvalue weighted by molar-refractivity contribution is 5.70. The van der Waals surface area contributed by atoms with Crippen LogP contribution in [0.4, 0.5) is 4.79 Å². The maximum absolute atomic E-state index is 12.0. The van der Waals surface area contributed by atoms with Gasteiger partial charge in [0.25, 0.3) is 6.47 Å². The molecule has 0 saturated carbocycles. The number of hydrogen-bond donors (Lipinski definition) is 1. The average Bonchev–Trinajstić information content (AvgIpc) is 2.56. The minimum Gasteiger partial charge on any atom is -0.468 e. The number of ether oxygens (including phenoxy) is 2. The summed E-state index contributed by atoms with van der Waals surface area (Å²) in [5.74, 6) is 1.02. The molecular formula is C19H30N2O4. The Morgan fingerprint density at radius 1 is 1.28 bits per heavy atom. The van der Waals surface area contributed by atoms with Crippen molar-refractivity contribution in [1.29, 1.82) is 0 Å². The van der Waals surface area contributed by atoms with Gasteiger partial charge in [-0.1, -0.05) is 26.0 Å². The molecule has 25 heavy (non-hydrogen) atoms. The van der Waals surface area contributed by atoms with Gasteiger partial charge in [0.1, 0.15) is 5.75 Å². The van der Waals surface area contributed by atoms with Gasteiger partial charge in [0.15, 0.2) is 0 Å². The number of carbonyl (C=O) groups excluding carboxylic acids is 2. The molecule has 1 amide bonds. The van der Waals surface area contributed by atoms with E-state index in [1.54, 1.807) is 6.07 Å². The van der Waals surface area contributed by atoms with Gasteiger partial charge in [-0.3, -0.25) is 4.79 Å². The van der Waals surface area contributed by atoms with E-state index in [0.29, 0.717) is 24.7 Å². The molecule has 0 aliphatic heterocycles. The maximum Gasteiger partial charge on any atom is 0.412 e. The second-order valence-electron chi connectivity index (χ2n) is 6.91. The summed E-state index contributed by atoms with van der Waals surface area (Å²) in [4.78, 5) is 24.5. The lowest BCUT2D eigenvalue weighted by Gasteiger charge is -2.21. The van der Waals surface area contributed by atoms with Gasteiger partial charge in [0.05, 0.1) is 6.61 Å².